The zero-order chi connectivity index (χ0) is 26.2. The lowest BCUT2D eigenvalue weighted by atomic mass is 9.93. The molecular weight excluding hydrogens is 502 g/mol. The van der Waals surface area contributed by atoms with Crippen LogP contribution in [0.25, 0.3) is 16.1 Å². The van der Waals surface area contributed by atoms with E-state index in [1.54, 1.807) is 37.4 Å². The van der Waals surface area contributed by atoms with Crippen LogP contribution in [0.4, 0.5) is 10.9 Å². The normalized spacial score (nSPS) is 14.0. The molecule has 1 aromatic carbocycles. The van der Waals surface area contributed by atoms with E-state index in [0.717, 1.165) is 44.0 Å². The first kappa shape index (κ1) is 25.3. The van der Waals surface area contributed by atoms with E-state index in [4.69, 9.17) is 0 Å². The van der Waals surface area contributed by atoms with Gasteiger partial charge in [-0.05, 0) is 62.9 Å². The van der Waals surface area contributed by atoms with E-state index < -0.39 is 5.60 Å². The summed E-state index contributed by atoms with van der Waals surface area (Å²) >= 11 is 3.15. The van der Waals surface area contributed by atoms with Gasteiger partial charge < -0.3 is 15.3 Å². The number of aromatic nitrogens is 3. The van der Waals surface area contributed by atoms with E-state index in [2.05, 4.69) is 26.3 Å². The van der Waals surface area contributed by atoms with Crippen LogP contribution in [0.2, 0.25) is 0 Å². The second-order valence-corrected chi connectivity index (χ2v) is 11.7. The Morgan fingerprint density at radius 3 is 2.49 bits per heavy atom. The molecule has 0 atom stereocenters. The molecule has 1 amide bonds. The zero-order valence-electron chi connectivity index (χ0n) is 21.3. The Morgan fingerprint density at radius 2 is 1.89 bits per heavy atom. The molecule has 37 heavy (non-hydrogen) atoms. The predicted molar refractivity (Wildman–Crippen MR) is 150 cm³/mol. The summed E-state index contributed by atoms with van der Waals surface area (Å²) in [5, 5.41) is 17.2. The van der Waals surface area contributed by atoms with Crippen LogP contribution < -0.4 is 5.32 Å². The van der Waals surface area contributed by atoms with Crippen molar-refractivity contribution in [2.45, 2.75) is 39.7 Å². The van der Waals surface area contributed by atoms with Crippen LogP contribution in [-0.4, -0.2) is 44.0 Å². The van der Waals surface area contributed by atoms with Crippen LogP contribution in [-0.2, 0) is 5.60 Å². The number of benzene rings is 1. The van der Waals surface area contributed by atoms with Crippen molar-refractivity contribution >= 4 is 45.1 Å². The second-order valence-electron chi connectivity index (χ2n) is 9.61. The summed E-state index contributed by atoms with van der Waals surface area (Å²) in [6.07, 6.45) is 4.51. The largest absolute Gasteiger partial charge is 0.386 e. The fraction of sp³-hybridized carbons (Fsp3) is 0.286. The summed E-state index contributed by atoms with van der Waals surface area (Å²) in [6.45, 7) is 8.76. The molecule has 0 saturated carbocycles. The molecule has 4 aromatic rings. The number of nitrogens with zero attached hydrogens (tertiary/aromatic N) is 4. The number of carbonyl (C=O) groups is 1. The molecule has 2 N–H and O–H groups in total. The number of rotatable bonds is 6. The number of aliphatic hydroxyl groups is 1. The Balaban J connectivity index is 1.20. The molecule has 5 rings (SSSR count). The molecule has 1 aliphatic heterocycles. The monoisotopic (exact) mass is 531 g/mol. The van der Waals surface area contributed by atoms with Gasteiger partial charge in [0.15, 0.2) is 5.13 Å². The highest BCUT2D eigenvalue weighted by Crippen LogP contribution is 2.33. The number of thiazole rings is 2. The van der Waals surface area contributed by atoms with Crippen LogP contribution in [0, 0.1) is 13.8 Å². The first-order chi connectivity index (χ1) is 17.7. The Labute approximate surface area is 224 Å². The number of carbonyl (C=O) groups excluding carboxylic acids is 1. The summed E-state index contributed by atoms with van der Waals surface area (Å²) in [5.41, 5.74) is 4.84. The van der Waals surface area contributed by atoms with Crippen molar-refractivity contribution in [2.24, 2.45) is 0 Å². The van der Waals surface area contributed by atoms with Crippen molar-refractivity contribution in [1.82, 2.24) is 19.9 Å². The van der Waals surface area contributed by atoms with Gasteiger partial charge in [-0.25, -0.2) is 15.0 Å². The number of hydrogen-bond acceptors (Lipinski definition) is 8. The summed E-state index contributed by atoms with van der Waals surface area (Å²) in [7, 11) is 0. The highest BCUT2D eigenvalue weighted by atomic mass is 32.1. The van der Waals surface area contributed by atoms with E-state index in [-0.39, 0.29) is 5.91 Å². The van der Waals surface area contributed by atoms with E-state index in [9.17, 15) is 9.90 Å². The van der Waals surface area contributed by atoms with E-state index in [1.165, 1.54) is 16.9 Å². The predicted octanol–water partition coefficient (Wildman–Crippen LogP) is 6.18. The zero-order valence-corrected chi connectivity index (χ0v) is 22.9. The van der Waals surface area contributed by atoms with Crippen LogP contribution >= 0.6 is 22.7 Å². The lowest BCUT2D eigenvalue weighted by Crippen LogP contribution is -2.34. The minimum Gasteiger partial charge on any atom is -0.386 e. The minimum atomic E-state index is -0.856. The van der Waals surface area contributed by atoms with Gasteiger partial charge >= 0.3 is 0 Å². The number of anilines is 2. The van der Waals surface area contributed by atoms with Crippen molar-refractivity contribution in [3.63, 3.8) is 0 Å². The molecule has 3 aromatic heterocycles. The third-order valence-corrected chi connectivity index (χ3v) is 8.20. The molecule has 1 aliphatic rings. The van der Waals surface area contributed by atoms with Gasteiger partial charge in [0.25, 0.3) is 5.91 Å². The van der Waals surface area contributed by atoms with E-state index in [0.29, 0.717) is 24.5 Å². The Kier molecular flexibility index (Phi) is 6.94. The van der Waals surface area contributed by atoms with Gasteiger partial charge in [-0.2, -0.15) is 0 Å². The SMILES string of the molecule is Cc1nc(C)c(-c2csc(Nc3ccc(C(=O)N4CC=C(c5ccc(C(C)(C)O)cc5)CC4)cn3)n2)s1. The van der Waals surface area contributed by atoms with Gasteiger partial charge in [-0.1, -0.05) is 30.3 Å². The minimum absolute atomic E-state index is 0.0284. The summed E-state index contributed by atoms with van der Waals surface area (Å²) in [5.74, 6) is 0.615. The maximum Gasteiger partial charge on any atom is 0.255 e. The molecule has 0 aliphatic carbocycles. The highest BCUT2D eigenvalue weighted by Gasteiger charge is 2.21. The molecule has 0 spiro atoms. The first-order valence-electron chi connectivity index (χ1n) is 12.1. The van der Waals surface area contributed by atoms with Crippen molar-refractivity contribution < 1.29 is 9.90 Å². The van der Waals surface area contributed by atoms with Crippen LogP contribution in [0.15, 0.2) is 54.1 Å². The molecular formula is C28H29N5O2S2. The number of aryl methyl sites for hydroxylation is 2. The highest BCUT2D eigenvalue weighted by molar-refractivity contribution is 7.16. The Hall–Kier alpha value is -3.40. The standard InChI is InChI=1S/C28H29N5O2S2/c1-17-25(37-18(2)30-17)23-16-36-27(31-23)32-24-10-7-21(15-29-24)26(34)33-13-11-20(12-14-33)19-5-8-22(9-6-19)28(3,4)35/h5-11,15-16,35H,12-14H2,1-4H3,(H,29,31,32). The van der Waals surface area contributed by atoms with E-state index >= 15 is 0 Å². The van der Waals surface area contributed by atoms with Gasteiger partial charge in [-0.3, -0.25) is 4.79 Å². The number of amides is 1. The number of pyridine rings is 1. The summed E-state index contributed by atoms with van der Waals surface area (Å²) < 4.78 is 0. The molecule has 0 bridgehead atoms. The average molecular weight is 532 g/mol. The first-order valence-corrected chi connectivity index (χ1v) is 13.8. The van der Waals surface area contributed by atoms with Crippen LogP contribution in [0.5, 0.6) is 0 Å². The van der Waals surface area contributed by atoms with Gasteiger partial charge in [0.05, 0.1) is 32.4 Å². The van der Waals surface area contributed by atoms with Crippen LogP contribution in [0.3, 0.4) is 0 Å². The quantitative estimate of drug-likeness (QED) is 0.309. The number of hydrogen-bond donors (Lipinski definition) is 2. The third-order valence-electron chi connectivity index (χ3n) is 6.34. The topological polar surface area (TPSA) is 91.2 Å². The summed E-state index contributed by atoms with van der Waals surface area (Å²) in [4.78, 5) is 29.6. The molecule has 4 heterocycles. The molecule has 0 saturated heterocycles. The van der Waals surface area contributed by atoms with Gasteiger partial charge in [0.1, 0.15) is 5.82 Å². The van der Waals surface area contributed by atoms with Crippen molar-refractivity contribution in [3.05, 3.63) is 81.4 Å². The maximum atomic E-state index is 13.1. The lowest BCUT2D eigenvalue weighted by Gasteiger charge is -2.27. The van der Waals surface area contributed by atoms with Crippen molar-refractivity contribution in [1.29, 1.82) is 0 Å². The van der Waals surface area contributed by atoms with Gasteiger partial charge in [0, 0.05) is 24.7 Å². The average Bonchev–Trinajstić information content (AvgIpc) is 3.48. The lowest BCUT2D eigenvalue weighted by molar-refractivity contribution is 0.0769. The smallest absolute Gasteiger partial charge is 0.255 e. The molecule has 7 nitrogen and oxygen atoms in total. The third kappa shape index (κ3) is 5.64. The summed E-state index contributed by atoms with van der Waals surface area (Å²) in [6, 6.07) is 11.6. The molecule has 9 heteroatoms. The molecule has 0 fully saturated rings. The molecule has 0 unspecified atom stereocenters. The maximum absolute atomic E-state index is 13.1. The molecule has 0 radical (unpaired) electrons. The van der Waals surface area contributed by atoms with Crippen LogP contribution in [0.1, 0.15) is 52.5 Å². The fourth-order valence-corrected chi connectivity index (χ4v) is 5.96. The van der Waals surface area contributed by atoms with Crippen molar-refractivity contribution in [2.75, 3.05) is 18.4 Å². The Bertz CT molecular complexity index is 1450. The molecule has 190 valence electrons. The van der Waals surface area contributed by atoms with Gasteiger partial charge in [-0.15, -0.1) is 22.7 Å². The van der Waals surface area contributed by atoms with E-state index in [1.807, 2.05) is 54.5 Å². The van der Waals surface area contributed by atoms with Crippen molar-refractivity contribution in [3.8, 4) is 10.6 Å². The van der Waals surface area contributed by atoms with Gasteiger partial charge in [0.2, 0.25) is 0 Å². The number of nitrogens with one attached hydrogen (secondary N) is 1. The Morgan fingerprint density at radius 1 is 1.11 bits per heavy atom. The fourth-order valence-electron chi connectivity index (χ4n) is 4.30. The second kappa shape index (κ2) is 10.2.